The summed E-state index contributed by atoms with van der Waals surface area (Å²) >= 11 is 0. The predicted molar refractivity (Wildman–Crippen MR) is 199 cm³/mol. The van der Waals surface area contributed by atoms with Crippen molar-refractivity contribution in [3.05, 3.63) is 70.8 Å². The van der Waals surface area contributed by atoms with E-state index in [-0.39, 0.29) is 43.3 Å². The lowest BCUT2D eigenvalue weighted by Gasteiger charge is -2.25. The summed E-state index contributed by atoms with van der Waals surface area (Å²) in [5.41, 5.74) is 2.98. The number of methoxy groups -OCH3 is 1. The molecule has 0 N–H and O–H groups in total. The summed E-state index contributed by atoms with van der Waals surface area (Å²) in [6.45, 7) is 10.3. The highest BCUT2D eigenvalue weighted by Gasteiger charge is 2.15. The summed E-state index contributed by atoms with van der Waals surface area (Å²) < 4.78 is 20.6. The lowest BCUT2D eigenvalue weighted by molar-refractivity contribution is -0.150. The minimum atomic E-state index is -0.699. The molecule has 0 aliphatic carbocycles. The summed E-state index contributed by atoms with van der Waals surface area (Å²) in [4.78, 5) is 52.9. The van der Waals surface area contributed by atoms with Gasteiger partial charge in [-0.1, -0.05) is 51.0 Å². The van der Waals surface area contributed by atoms with Crippen molar-refractivity contribution in [2.24, 2.45) is 0 Å². The van der Waals surface area contributed by atoms with Crippen LogP contribution in [0, 0.1) is 22.7 Å². The fraction of sp³-hybridized carbons (Fsp3) is 0.450. The van der Waals surface area contributed by atoms with Crippen molar-refractivity contribution in [1.29, 1.82) is 10.5 Å². The van der Waals surface area contributed by atoms with Gasteiger partial charge >= 0.3 is 23.9 Å². The third-order valence-electron chi connectivity index (χ3n) is 7.69. The minimum absolute atomic E-state index is 0.0824. The van der Waals surface area contributed by atoms with Gasteiger partial charge in [0.2, 0.25) is 0 Å². The number of carbonyl (C=O) groups is 4. The maximum Gasteiger partial charge on any atom is 0.349 e. The molecule has 0 spiro atoms. The van der Waals surface area contributed by atoms with Crippen molar-refractivity contribution < 1.29 is 38.1 Å². The zero-order valence-corrected chi connectivity index (χ0v) is 30.9. The molecule has 12 nitrogen and oxygen atoms in total. The first-order chi connectivity index (χ1) is 25.0. The number of rotatable bonds is 22. The number of nitriles is 2. The number of hydrogen-bond donors (Lipinski definition) is 0. The van der Waals surface area contributed by atoms with Crippen LogP contribution in [0.3, 0.4) is 0 Å². The number of benzene rings is 2. The molecule has 0 aliphatic heterocycles. The molecule has 0 atom stereocenters. The van der Waals surface area contributed by atoms with Crippen molar-refractivity contribution in [3.63, 3.8) is 0 Å². The molecule has 0 saturated heterocycles. The van der Waals surface area contributed by atoms with Gasteiger partial charge in [0.05, 0.1) is 39.1 Å². The van der Waals surface area contributed by atoms with Crippen LogP contribution in [0.15, 0.2) is 59.7 Å². The van der Waals surface area contributed by atoms with Gasteiger partial charge in [-0.2, -0.15) is 10.5 Å². The number of anilines is 2. The Morgan fingerprint density at radius 3 is 1.42 bits per heavy atom. The third kappa shape index (κ3) is 15.5. The summed E-state index contributed by atoms with van der Waals surface area (Å²) in [7, 11) is 1.22. The van der Waals surface area contributed by atoms with Crippen LogP contribution in [-0.2, 0) is 38.1 Å². The Labute approximate surface area is 307 Å². The standard InChI is InChI=1S/C40H50N4O8/c1-6-8-20-43(35-14-10-31(11-15-35)26-33(28-41)39(47)49-5)22-24-50-37(45)18-19-38(46)51-25-23-44(21-9-7-2)36-16-12-32(13-17-36)27-34(29-42)40(48)52-30(3)4/h10-17,26-27,30H,6-9,18-25H2,1-5H3. The zero-order valence-electron chi connectivity index (χ0n) is 30.9. The topological polar surface area (TPSA) is 159 Å². The van der Waals surface area contributed by atoms with E-state index in [1.807, 2.05) is 48.5 Å². The van der Waals surface area contributed by atoms with Crippen molar-refractivity contribution in [2.45, 2.75) is 72.3 Å². The SMILES string of the molecule is CCCCN(CCOC(=O)CCC(=O)OCCN(CCCC)c1ccc(C=C(C#N)C(=O)OC(C)C)cc1)c1ccc(C=C(C#N)C(=O)OC)cc1. The summed E-state index contributed by atoms with van der Waals surface area (Å²) in [5.74, 6) is -2.35. The average Bonchev–Trinajstić information content (AvgIpc) is 3.14. The average molecular weight is 715 g/mol. The van der Waals surface area contributed by atoms with E-state index in [1.165, 1.54) is 19.3 Å². The Morgan fingerprint density at radius 1 is 0.673 bits per heavy atom. The van der Waals surface area contributed by atoms with Crippen LogP contribution in [0.2, 0.25) is 0 Å². The smallest absolute Gasteiger partial charge is 0.349 e. The van der Waals surface area contributed by atoms with Crippen molar-refractivity contribution in [1.82, 2.24) is 0 Å². The molecule has 0 bridgehead atoms. The van der Waals surface area contributed by atoms with E-state index in [4.69, 9.17) is 14.2 Å². The quantitative estimate of drug-likeness (QED) is 0.0572. The van der Waals surface area contributed by atoms with Gasteiger partial charge in [0.15, 0.2) is 0 Å². The second-order valence-electron chi connectivity index (χ2n) is 12.1. The minimum Gasteiger partial charge on any atom is -0.465 e. The second-order valence-corrected chi connectivity index (χ2v) is 12.1. The van der Waals surface area contributed by atoms with E-state index in [9.17, 15) is 29.7 Å². The number of esters is 4. The second kappa shape index (κ2) is 23.7. The van der Waals surface area contributed by atoms with Gasteiger partial charge in [0.25, 0.3) is 0 Å². The van der Waals surface area contributed by atoms with Gasteiger partial charge in [-0.3, -0.25) is 9.59 Å². The first kappa shape index (κ1) is 42.5. The Bertz CT molecular complexity index is 1600. The number of hydrogen-bond acceptors (Lipinski definition) is 12. The summed E-state index contributed by atoms with van der Waals surface area (Å²) in [6.07, 6.45) is 6.24. The summed E-state index contributed by atoms with van der Waals surface area (Å²) in [5, 5.41) is 18.6. The Hall–Kier alpha value is -5.62. The Kier molecular flexibility index (Phi) is 19.4. The molecule has 278 valence electrons. The van der Waals surface area contributed by atoms with Crippen LogP contribution >= 0.6 is 0 Å². The molecule has 12 heteroatoms. The summed E-state index contributed by atoms with van der Waals surface area (Å²) in [6, 6.07) is 18.5. The molecule has 0 unspecified atom stereocenters. The first-order valence-electron chi connectivity index (χ1n) is 17.6. The fourth-order valence-electron chi connectivity index (χ4n) is 4.88. The number of ether oxygens (including phenoxy) is 4. The fourth-order valence-corrected chi connectivity index (χ4v) is 4.88. The molecule has 0 amide bonds. The highest BCUT2D eigenvalue weighted by molar-refractivity contribution is 5.98. The largest absolute Gasteiger partial charge is 0.465 e. The Balaban J connectivity index is 1.86. The van der Waals surface area contributed by atoms with Crippen LogP contribution in [0.1, 0.15) is 77.3 Å². The van der Waals surface area contributed by atoms with Crippen LogP contribution in [0.25, 0.3) is 12.2 Å². The lowest BCUT2D eigenvalue weighted by Crippen LogP contribution is -2.30. The third-order valence-corrected chi connectivity index (χ3v) is 7.69. The molecule has 0 aliphatic rings. The van der Waals surface area contributed by atoms with Crippen LogP contribution < -0.4 is 9.80 Å². The highest BCUT2D eigenvalue weighted by Crippen LogP contribution is 2.20. The molecule has 0 heterocycles. The maximum absolute atomic E-state index is 12.5. The number of unbranched alkanes of at least 4 members (excludes halogenated alkanes) is 2. The van der Waals surface area contributed by atoms with E-state index in [0.29, 0.717) is 24.2 Å². The molecule has 0 fully saturated rings. The van der Waals surface area contributed by atoms with E-state index < -0.39 is 23.9 Å². The van der Waals surface area contributed by atoms with Gasteiger partial charge in [0.1, 0.15) is 36.5 Å². The molecule has 0 saturated carbocycles. The molecule has 0 radical (unpaired) electrons. The van der Waals surface area contributed by atoms with E-state index >= 15 is 0 Å². The van der Waals surface area contributed by atoms with E-state index in [2.05, 4.69) is 28.4 Å². The zero-order chi connectivity index (χ0) is 38.3. The van der Waals surface area contributed by atoms with Gasteiger partial charge in [0, 0.05) is 24.5 Å². The molecule has 52 heavy (non-hydrogen) atoms. The normalized spacial score (nSPS) is 11.2. The van der Waals surface area contributed by atoms with E-state index in [0.717, 1.165) is 50.1 Å². The van der Waals surface area contributed by atoms with E-state index in [1.54, 1.807) is 26.0 Å². The van der Waals surface area contributed by atoms with Gasteiger partial charge in [-0.05, 0) is 74.2 Å². The highest BCUT2D eigenvalue weighted by atomic mass is 16.5. The van der Waals surface area contributed by atoms with Crippen molar-refractivity contribution >= 4 is 47.4 Å². The molecular formula is C40H50N4O8. The van der Waals surface area contributed by atoms with Gasteiger partial charge < -0.3 is 28.7 Å². The maximum atomic E-state index is 12.5. The molecule has 0 aromatic heterocycles. The monoisotopic (exact) mass is 714 g/mol. The number of nitrogens with zero attached hydrogens (tertiary/aromatic N) is 4. The first-order valence-corrected chi connectivity index (χ1v) is 17.6. The molecule has 2 rings (SSSR count). The molecule has 2 aromatic carbocycles. The van der Waals surface area contributed by atoms with Crippen LogP contribution in [-0.4, -0.2) is 76.5 Å². The number of carbonyl (C=O) groups excluding carboxylic acids is 4. The van der Waals surface area contributed by atoms with Gasteiger partial charge in [-0.25, -0.2) is 9.59 Å². The lowest BCUT2D eigenvalue weighted by atomic mass is 10.1. The van der Waals surface area contributed by atoms with Crippen molar-refractivity contribution in [3.8, 4) is 12.1 Å². The van der Waals surface area contributed by atoms with Crippen molar-refractivity contribution in [2.75, 3.05) is 56.3 Å². The van der Waals surface area contributed by atoms with Crippen LogP contribution in [0.5, 0.6) is 0 Å². The molecular weight excluding hydrogens is 664 g/mol. The predicted octanol–water partition coefficient (Wildman–Crippen LogP) is 6.40. The van der Waals surface area contributed by atoms with Gasteiger partial charge in [-0.15, -0.1) is 0 Å². The molecule has 2 aromatic rings. The van der Waals surface area contributed by atoms with Crippen LogP contribution in [0.4, 0.5) is 11.4 Å². The Morgan fingerprint density at radius 2 is 1.08 bits per heavy atom.